The minimum Gasteiger partial charge on any atom is -0.490 e. The van der Waals surface area contributed by atoms with Crippen LogP contribution < -0.4 is 10.5 Å². The number of nitrogens with zero attached hydrogens (tertiary/aromatic N) is 1. The zero-order valence-corrected chi connectivity index (χ0v) is 16.1. The molecule has 1 heterocycles. The molecule has 0 radical (unpaired) electrons. The van der Waals surface area contributed by atoms with Crippen molar-refractivity contribution in [2.75, 3.05) is 6.61 Å². The molecule has 0 saturated heterocycles. The Bertz CT molecular complexity index is 1130. The summed E-state index contributed by atoms with van der Waals surface area (Å²) in [6.45, 7) is 0.242. The first-order chi connectivity index (χ1) is 14.0. The third kappa shape index (κ3) is 4.39. The van der Waals surface area contributed by atoms with Gasteiger partial charge in [0.1, 0.15) is 29.7 Å². The van der Waals surface area contributed by atoms with Gasteiger partial charge in [-0.1, -0.05) is 23.7 Å². The highest BCUT2D eigenvalue weighted by Gasteiger charge is 2.14. The summed E-state index contributed by atoms with van der Waals surface area (Å²) in [6.07, 6.45) is 0.548. The van der Waals surface area contributed by atoms with Gasteiger partial charge in [0.25, 0.3) is 0 Å². The maximum Gasteiger partial charge on any atom is 0.138 e. The van der Waals surface area contributed by atoms with E-state index in [1.54, 1.807) is 36.4 Å². The van der Waals surface area contributed by atoms with Crippen molar-refractivity contribution in [1.82, 2.24) is 10.2 Å². The number of nitrogens with two attached hydrogens (primary N) is 1. The van der Waals surface area contributed by atoms with Crippen molar-refractivity contribution < 1.29 is 13.5 Å². The number of aromatic nitrogens is 2. The van der Waals surface area contributed by atoms with E-state index >= 15 is 0 Å². The monoisotopic (exact) mass is 413 g/mol. The van der Waals surface area contributed by atoms with E-state index in [9.17, 15) is 8.78 Å². The number of ether oxygens (including phenoxy) is 1. The molecule has 1 atom stereocenters. The third-order valence-electron chi connectivity index (χ3n) is 4.60. The number of benzene rings is 3. The lowest BCUT2D eigenvalue weighted by atomic mass is 10.1. The topological polar surface area (TPSA) is 63.9 Å². The standard InChI is InChI=1S/C22H18ClF2N3O/c23-19-11-20-18(22(28-27-20)14-3-7-16(25)8-4-14)10-21(19)29-12-17(26)9-13-1-5-15(24)6-2-13/h1-8,10-11,17H,9,12,26H2,(H,27,28). The van der Waals surface area contributed by atoms with Crippen molar-refractivity contribution in [2.24, 2.45) is 5.73 Å². The normalized spacial score (nSPS) is 12.3. The molecule has 4 aromatic rings. The van der Waals surface area contributed by atoms with Gasteiger partial charge in [-0.2, -0.15) is 5.10 Å². The van der Waals surface area contributed by atoms with Gasteiger partial charge in [0, 0.05) is 17.0 Å². The molecule has 29 heavy (non-hydrogen) atoms. The molecule has 1 unspecified atom stereocenters. The predicted molar refractivity (Wildman–Crippen MR) is 110 cm³/mol. The van der Waals surface area contributed by atoms with Gasteiger partial charge in [0.05, 0.1) is 10.5 Å². The number of halogens is 3. The van der Waals surface area contributed by atoms with Crippen LogP contribution in [0.2, 0.25) is 5.02 Å². The second-order valence-corrected chi connectivity index (χ2v) is 7.22. The van der Waals surface area contributed by atoms with Gasteiger partial charge < -0.3 is 10.5 Å². The molecule has 0 saturated carbocycles. The summed E-state index contributed by atoms with van der Waals surface area (Å²) < 4.78 is 32.1. The van der Waals surface area contributed by atoms with Crippen LogP contribution in [0.25, 0.3) is 22.2 Å². The Balaban J connectivity index is 1.52. The van der Waals surface area contributed by atoms with E-state index < -0.39 is 0 Å². The van der Waals surface area contributed by atoms with Crippen molar-refractivity contribution in [3.8, 4) is 17.0 Å². The van der Waals surface area contributed by atoms with E-state index in [0.29, 0.717) is 22.9 Å². The molecule has 0 spiro atoms. The average molecular weight is 414 g/mol. The SMILES string of the molecule is NC(COc1cc2c(-c3ccc(F)cc3)n[nH]c2cc1Cl)Cc1ccc(F)cc1. The molecule has 7 heteroatoms. The minimum absolute atomic E-state index is 0.242. The van der Waals surface area contributed by atoms with Crippen molar-refractivity contribution in [1.29, 1.82) is 0 Å². The maximum atomic E-state index is 13.2. The number of aromatic amines is 1. The fourth-order valence-electron chi connectivity index (χ4n) is 3.14. The zero-order valence-electron chi connectivity index (χ0n) is 15.3. The first kappa shape index (κ1) is 19.4. The fraction of sp³-hybridized carbons (Fsp3) is 0.136. The number of H-pyrrole nitrogens is 1. The Morgan fingerprint density at radius 1 is 1.00 bits per heavy atom. The molecular formula is C22H18ClF2N3O. The molecule has 0 bridgehead atoms. The molecule has 0 aliphatic carbocycles. The van der Waals surface area contributed by atoms with Crippen LogP contribution in [0.1, 0.15) is 5.56 Å². The summed E-state index contributed by atoms with van der Waals surface area (Å²) in [4.78, 5) is 0. The molecule has 4 nitrogen and oxygen atoms in total. The van der Waals surface area contributed by atoms with Gasteiger partial charge >= 0.3 is 0 Å². The molecule has 3 aromatic carbocycles. The van der Waals surface area contributed by atoms with Gasteiger partial charge in [0.15, 0.2) is 0 Å². The highest BCUT2D eigenvalue weighted by molar-refractivity contribution is 6.33. The van der Waals surface area contributed by atoms with Gasteiger partial charge in [-0.3, -0.25) is 5.10 Å². The molecule has 148 valence electrons. The first-order valence-electron chi connectivity index (χ1n) is 9.06. The minimum atomic E-state index is -0.309. The highest BCUT2D eigenvalue weighted by Crippen LogP contribution is 2.34. The first-order valence-corrected chi connectivity index (χ1v) is 9.44. The van der Waals surface area contributed by atoms with E-state index in [2.05, 4.69) is 10.2 Å². The summed E-state index contributed by atoms with van der Waals surface area (Å²) in [7, 11) is 0. The third-order valence-corrected chi connectivity index (χ3v) is 4.89. The lowest BCUT2D eigenvalue weighted by molar-refractivity contribution is 0.288. The Morgan fingerprint density at radius 3 is 2.34 bits per heavy atom. The van der Waals surface area contributed by atoms with Crippen LogP contribution in [-0.2, 0) is 6.42 Å². The number of hydrogen-bond donors (Lipinski definition) is 2. The van der Waals surface area contributed by atoms with E-state index in [1.165, 1.54) is 24.3 Å². The summed E-state index contributed by atoms with van der Waals surface area (Å²) in [5.74, 6) is -0.106. The summed E-state index contributed by atoms with van der Waals surface area (Å²) in [6, 6.07) is 15.6. The van der Waals surface area contributed by atoms with Crippen LogP contribution >= 0.6 is 11.6 Å². The van der Waals surface area contributed by atoms with E-state index in [4.69, 9.17) is 22.1 Å². The highest BCUT2D eigenvalue weighted by atomic mass is 35.5. The van der Waals surface area contributed by atoms with Gasteiger partial charge in [-0.05, 0) is 60.5 Å². The Morgan fingerprint density at radius 2 is 1.66 bits per heavy atom. The average Bonchev–Trinajstić information content (AvgIpc) is 3.11. The second kappa shape index (κ2) is 8.19. The second-order valence-electron chi connectivity index (χ2n) is 6.81. The summed E-state index contributed by atoms with van der Waals surface area (Å²) in [5, 5.41) is 8.49. The zero-order chi connectivity index (χ0) is 20.4. The van der Waals surface area contributed by atoms with Crippen LogP contribution in [0.3, 0.4) is 0 Å². The smallest absolute Gasteiger partial charge is 0.138 e. The van der Waals surface area contributed by atoms with E-state index in [1.807, 2.05) is 0 Å². The van der Waals surface area contributed by atoms with Gasteiger partial charge in [0.2, 0.25) is 0 Å². The lowest BCUT2D eigenvalue weighted by Gasteiger charge is -2.14. The lowest BCUT2D eigenvalue weighted by Crippen LogP contribution is -2.30. The number of fused-ring (bicyclic) bond motifs is 1. The largest absolute Gasteiger partial charge is 0.490 e. The predicted octanol–water partition coefficient (Wildman–Crippen LogP) is 5.11. The van der Waals surface area contributed by atoms with Crippen LogP contribution in [0.5, 0.6) is 5.75 Å². The maximum absolute atomic E-state index is 13.2. The Hall–Kier alpha value is -2.96. The summed E-state index contributed by atoms with van der Waals surface area (Å²) in [5.41, 5.74) is 9.28. The Labute approximate surface area is 171 Å². The quantitative estimate of drug-likeness (QED) is 0.461. The van der Waals surface area contributed by atoms with Crippen LogP contribution in [0, 0.1) is 11.6 Å². The van der Waals surface area contributed by atoms with Crippen molar-refractivity contribution in [3.63, 3.8) is 0 Å². The van der Waals surface area contributed by atoms with Crippen molar-refractivity contribution >= 4 is 22.5 Å². The van der Waals surface area contributed by atoms with Crippen molar-refractivity contribution in [3.05, 3.63) is 82.9 Å². The Kier molecular flexibility index (Phi) is 5.47. The fourth-order valence-corrected chi connectivity index (χ4v) is 3.35. The number of hydrogen-bond acceptors (Lipinski definition) is 3. The number of nitrogens with one attached hydrogen (secondary N) is 1. The van der Waals surface area contributed by atoms with Crippen LogP contribution in [-0.4, -0.2) is 22.8 Å². The van der Waals surface area contributed by atoms with Crippen LogP contribution in [0.15, 0.2) is 60.7 Å². The molecule has 0 amide bonds. The molecule has 1 aromatic heterocycles. The van der Waals surface area contributed by atoms with Crippen molar-refractivity contribution in [2.45, 2.75) is 12.5 Å². The van der Waals surface area contributed by atoms with Gasteiger partial charge in [-0.25, -0.2) is 8.78 Å². The summed E-state index contributed by atoms with van der Waals surface area (Å²) >= 11 is 6.34. The molecule has 3 N–H and O–H groups in total. The molecular weight excluding hydrogens is 396 g/mol. The van der Waals surface area contributed by atoms with E-state index in [-0.39, 0.29) is 24.3 Å². The van der Waals surface area contributed by atoms with E-state index in [0.717, 1.165) is 22.0 Å². The molecule has 0 fully saturated rings. The molecule has 0 aliphatic rings. The number of rotatable bonds is 6. The van der Waals surface area contributed by atoms with Crippen LogP contribution in [0.4, 0.5) is 8.78 Å². The molecule has 4 rings (SSSR count). The van der Waals surface area contributed by atoms with Gasteiger partial charge in [-0.15, -0.1) is 0 Å². The molecule has 0 aliphatic heterocycles.